The lowest BCUT2D eigenvalue weighted by molar-refractivity contribution is 0.103. The topological polar surface area (TPSA) is 70.1 Å². The minimum atomic E-state index is -0.701. The largest absolute Gasteiger partial charge is 0.494 e. The molecule has 18 heavy (non-hydrogen) atoms. The van der Waals surface area contributed by atoms with Crippen LogP contribution in [0.15, 0.2) is 24.4 Å². The van der Waals surface area contributed by atoms with Crippen molar-refractivity contribution in [1.82, 2.24) is 9.78 Å². The van der Waals surface area contributed by atoms with Gasteiger partial charge in [-0.05, 0) is 12.1 Å². The highest BCUT2D eigenvalue weighted by Gasteiger charge is 2.21. The summed E-state index contributed by atoms with van der Waals surface area (Å²) in [6.07, 6.45) is 1.32. The van der Waals surface area contributed by atoms with Gasteiger partial charge in [0, 0.05) is 7.05 Å². The lowest BCUT2D eigenvalue weighted by Gasteiger charge is -2.06. The molecule has 1 aromatic heterocycles. The van der Waals surface area contributed by atoms with E-state index in [1.165, 1.54) is 30.1 Å². The van der Waals surface area contributed by atoms with Gasteiger partial charge in [-0.2, -0.15) is 5.10 Å². The molecule has 2 N–H and O–H groups in total. The molecule has 0 unspecified atom stereocenters. The first-order chi connectivity index (χ1) is 8.56. The summed E-state index contributed by atoms with van der Waals surface area (Å²) < 4.78 is 20.1. The van der Waals surface area contributed by atoms with Crippen LogP contribution in [0.3, 0.4) is 0 Å². The fourth-order valence-corrected chi connectivity index (χ4v) is 1.61. The van der Waals surface area contributed by atoms with Crippen LogP contribution in [-0.4, -0.2) is 22.7 Å². The first kappa shape index (κ1) is 12.1. The molecule has 0 amide bonds. The average molecular weight is 249 g/mol. The predicted octanol–water partition coefficient (Wildman–Crippen LogP) is 1.38. The molecule has 2 aromatic rings. The number of carbonyl (C=O) groups is 1. The van der Waals surface area contributed by atoms with E-state index in [2.05, 4.69) is 5.10 Å². The minimum absolute atomic E-state index is 0.0170. The maximum absolute atomic E-state index is 13.9. The Morgan fingerprint density at radius 2 is 2.17 bits per heavy atom. The van der Waals surface area contributed by atoms with Gasteiger partial charge in [0.25, 0.3) is 0 Å². The molecule has 0 fully saturated rings. The Morgan fingerprint density at radius 3 is 2.72 bits per heavy atom. The molecular weight excluding hydrogens is 237 g/mol. The molecule has 0 saturated heterocycles. The molecule has 0 aliphatic rings. The number of hydrogen-bond acceptors (Lipinski definition) is 4. The number of carbonyl (C=O) groups excluding carboxylic acids is 1. The lowest BCUT2D eigenvalue weighted by Crippen LogP contribution is -2.08. The molecule has 2 rings (SSSR count). The van der Waals surface area contributed by atoms with Crippen molar-refractivity contribution >= 4 is 11.6 Å². The van der Waals surface area contributed by atoms with Gasteiger partial charge in [0.05, 0.1) is 24.4 Å². The standard InChI is InChI=1S/C12H12FN3O2/c1-16-12(14)8(6-15-16)11(17)7-4-3-5-9(18-2)10(7)13/h3-6H,14H2,1-2H3. The number of ether oxygens (including phenoxy) is 1. The zero-order chi connectivity index (χ0) is 13.3. The fourth-order valence-electron chi connectivity index (χ4n) is 1.61. The van der Waals surface area contributed by atoms with Gasteiger partial charge in [-0.3, -0.25) is 9.48 Å². The zero-order valence-corrected chi connectivity index (χ0v) is 9.98. The summed E-state index contributed by atoms with van der Waals surface area (Å²) in [4.78, 5) is 12.1. The van der Waals surface area contributed by atoms with Gasteiger partial charge in [0.2, 0.25) is 5.78 Å². The highest BCUT2D eigenvalue weighted by molar-refractivity contribution is 6.11. The molecule has 6 heteroatoms. The van der Waals surface area contributed by atoms with E-state index in [1.54, 1.807) is 13.1 Å². The van der Waals surface area contributed by atoms with Crippen molar-refractivity contribution in [1.29, 1.82) is 0 Å². The number of rotatable bonds is 3. The number of aromatic nitrogens is 2. The molecule has 1 aromatic carbocycles. The third kappa shape index (κ3) is 1.81. The number of nitrogens with two attached hydrogens (primary N) is 1. The van der Waals surface area contributed by atoms with Crippen LogP contribution in [0.5, 0.6) is 5.75 Å². The first-order valence-corrected chi connectivity index (χ1v) is 5.21. The highest BCUT2D eigenvalue weighted by atomic mass is 19.1. The summed E-state index contributed by atoms with van der Waals surface area (Å²) in [6.45, 7) is 0. The van der Waals surface area contributed by atoms with Crippen molar-refractivity contribution in [3.63, 3.8) is 0 Å². The summed E-state index contributed by atoms with van der Waals surface area (Å²) >= 11 is 0. The number of aryl methyl sites for hydroxylation is 1. The van der Waals surface area contributed by atoms with Gasteiger partial charge in [-0.25, -0.2) is 4.39 Å². The quantitative estimate of drug-likeness (QED) is 0.834. The van der Waals surface area contributed by atoms with Gasteiger partial charge in [0.1, 0.15) is 5.82 Å². The van der Waals surface area contributed by atoms with Crippen LogP contribution in [0.1, 0.15) is 15.9 Å². The number of anilines is 1. The van der Waals surface area contributed by atoms with Crippen LogP contribution in [0.4, 0.5) is 10.2 Å². The van der Waals surface area contributed by atoms with E-state index in [1.807, 2.05) is 0 Å². The number of nitrogen functional groups attached to an aromatic ring is 1. The number of hydrogen-bond donors (Lipinski definition) is 1. The van der Waals surface area contributed by atoms with Crippen LogP contribution in [-0.2, 0) is 7.05 Å². The Hall–Kier alpha value is -2.37. The first-order valence-electron chi connectivity index (χ1n) is 5.21. The van der Waals surface area contributed by atoms with E-state index in [-0.39, 0.29) is 22.7 Å². The molecule has 0 spiro atoms. The summed E-state index contributed by atoms with van der Waals surface area (Å²) in [5.41, 5.74) is 5.77. The summed E-state index contributed by atoms with van der Waals surface area (Å²) in [6, 6.07) is 4.37. The number of methoxy groups -OCH3 is 1. The van der Waals surface area contributed by atoms with Crippen LogP contribution >= 0.6 is 0 Å². The Bertz CT molecular complexity index is 607. The van der Waals surface area contributed by atoms with E-state index in [9.17, 15) is 9.18 Å². The molecule has 5 nitrogen and oxygen atoms in total. The molecule has 0 atom stereocenters. The summed E-state index contributed by atoms with van der Waals surface area (Å²) in [5, 5.41) is 3.85. The van der Waals surface area contributed by atoms with E-state index in [0.29, 0.717) is 0 Å². The van der Waals surface area contributed by atoms with Crippen molar-refractivity contribution < 1.29 is 13.9 Å². The van der Waals surface area contributed by atoms with E-state index >= 15 is 0 Å². The fraction of sp³-hybridized carbons (Fsp3) is 0.167. The maximum Gasteiger partial charge on any atom is 0.201 e. The van der Waals surface area contributed by atoms with Gasteiger partial charge in [-0.1, -0.05) is 6.07 Å². The highest BCUT2D eigenvalue weighted by Crippen LogP contribution is 2.23. The average Bonchev–Trinajstić information content (AvgIpc) is 2.70. The van der Waals surface area contributed by atoms with E-state index in [0.717, 1.165) is 0 Å². The zero-order valence-electron chi connectivity index (χ0n) is 9.98. The number of halogens is 1. The van der Waals surface area contributed by atoms with Gasteiger partial charge >= 0.3 is 0 Å². The van der Waals surface area contributed by atoms with Crippen LogP contribution in [0.2, 0.25) is 0 Å². The van der Waals surface area contributed by atoms with Crippen molar-refractivity contribution in [2.45, 2.75) is 0 Å². The smallest absolute Gasteiger partial charge is 0.201 e. The molecule has 0 bridgehead atoms. The molecule has 0 saturated carbocycles. The van der Waals surface area contributed by atoms with Crippen LogP contribution in [0.25, 0.3) is 0 Å². The molecule has 0 radical (unpaired) electrons. The minimum Gasteiger partial charge on any atom is -0.494 e. The molecule has 0 aliphatic heterocycles. The third-order valence-corrected chi connectivity index (χ3v) is 2.66. The van der Waals surface area contributed by atoms with E-state index < -0.39 is 11.6 Å². The lowest BCUT2D eigenvalue weighted by atomic mass is 10.0. The monoisotopic (exact) mass is 249 g/mol. The second kappa shape index (κ2) is 4.48. The molecular formula is C12H12FN3O2. The van der Waals surface area contributed by atoms with Gasteiger partial charge in [0.15, 0.2) is 11.6 Å². The molecule has 0 aliphatic carbocycles. The number of ketones is 1. The van der Waals surface area contributed by atoms with Crippen LogP contribution < -0.4 is 10.5 Å². The number of nitrogens with zero attached hydrogens (tertiary/aromatic N) is 2. The third-order valence-electron chi connectivity index (χ3n) is 2.66. The maximum atomic E-state index is 13.9. The Morgan fingerprint density at radius 1 is 1.44 bits per heavy atom. The van der Waals surface area contributed by atoms with Crippen molar-refractivity contribution in [3.8, 4) is 5.75 Å². The number of benzene rings is 1. The molecule has 1 heterocycles. The van der Waals surface area contributed by atoms with Crippen molar-refractivity contribution in [2.75, 3.05) is 12.8 Å². The Labute approximate surface area is 103 Å². The SMILES string of the molecule is COc1cccc(C(=O)c2cnn(C)c2N)c1F. The van der Waals surface area contributed by atoms with Crippen molar-refractivity contribution in [3.05, 3.63) is 41.3 Å². The van der Waals surface area contributed by atoms with Crippen molar-refractivity contribution in [2.24, 2.45) is 7.05 Å². The normalized spacial score (nSPS) is 10.4. The van der Waals surface area contributed by atoms with Gasteiger partial charge in [-0.15, -0.1) is 0 Å². The predicted molar refractivity (Wildman–Crippen MR) is 64.0 cm³/mol. The molecule has 94 valence electrons. The van der Waals surface area contributed by atoms with Gasteiger partial charge < -0.3 is 10.5 Å². The second-order valence-electron chi connectivity index (χ2n) is 3.72. The Balaban J connectivity index is 2.50. The Kier molecular flexibility index (Phi) is 3.01. The van der Waals surface area contributed by atoms with Crippen LogP contribution in [0, 0.1) is 5.82 Å². The summed E-state index contributed by atoms with van der Waals surface area (Å²) in [7, 11) is 2.94. The second-order valence-corrected chi connectivity index (χ2v) is 3.72. The van der Waals surface area contributed by atoms with E-state index in [4.69, 9.17) is 10.5 Å². The summed E-state index contributed by atoms with van der Waals surface area (Å²) in [5.74, 6) is -1.00.